The van der Waals surface area contributed by atoms with Gasteiger partial charge in [-0.2, -0.15) is 5.11 Å². The predicted molar refractivity (Wildman–Crippen MR) is 170 cm³/mol. The molecule has 3 aromatic rings. The molecule has 0 fully saturated rings. The second kappa shape index (κ2) is 17.1. The maximum atomic E-state index is 12.6. The van der Waals surface area contributed by atoms with E-state index in [2.05, 4.69) is 50.5 Å². The number of halogens is 3. The van der Waals surface area contributed by atoms with Crippen LogP contribution in [0.15, 0.2) is 64.8 Å². The van der Waals surface area contributed by atoms with Crippen LogP contribution in [0.2, 0.25) is 0 Å². The minimum atomic E-state index is -4.71. The van der Waals surface area contributed by atoms with Gasteiger partial charge in [-0.3, -0.25) is 0 Å². The molecular weight excluding hydrogens is 549 g/mol. The standard InChI is InChI=1S/C36H47F3N2O2/c1-6-9-10-11-12-13-14-15-22-42-34-21-18-31(25-33(34)26(4)5)40-41-35-27(7-2)23-30(24-28(35)8-3)29-16-19-32(20-17-29)43-36(37,38)39/h16-21,23-26H,6-15,22H2,1-5H3/b41-40+. The number of hydrogen-bond donors (Lipinski definition) is 0. The number of azo groups is 1. The van der Waals surface area contributed by atoms with Gasteiger partial charge in [0.15, 0.2) is 0 Å². The highest BCUT2D eigenvalue weighted by molar-refractivity contribution is 5.71. The Kier molecular flexibility index (Phi) is 13.6. The second-order valence-corrected chi connectivity index (χ2v) is 11.3. The number of nitrogens with zero attached hydrogens (tertiary/aromatic N) is 2. The van der Waals surface area contributed by atoms with E-state index >= 15 is 0 Å². The largest absolute Gasteiger partial charge is 0.573 e. The summed E-state index contributed by atoms with van der Waals surface area (Å²) in [5.74, 6) is 0.961. The average Bonchev–Trinajstić information content (AvgIpc) is 2.98. The molecule has 3 rings (SSSR count). The van der Waals surface area contributed by atoms with Crippen LogP contribution >= 0.6 is 0 Å². The number of aryl methyl sites for hydroxylation is 2. The molecule has 0 radical (unpaired) electrons. The van der Waals surface area contributed by atoms with Crippen molar-refractivity contribution in [2.45, 2.75) is 111 Å². The summed E-state index contributed by atoms with van der Waals surface area (Å²) in [7, 11) is 0. The molecule has 0 unspecified atom stereocenters. The van der Waals surface area contributed by atoms with Crippen LogP contribution in [0.5, 0.6) is 11.5 Å². The lowest BCUT2D eigenvalue weighted by molar-refractivity contribution is -0.274. The molecule has 3 aromatic carbocycles. The van der Waals surface area contributed by atoms with E-state index in [9.17, 15) is 13.2 Å². The van der Waals surface area contributed by atoms with Gasteiger partial charge in [0.2, 0.25) is 0 Å². The minimum absolute atomic E-state index is 0.238. The van der Waals surface area contributed by atoms with Crippen LogP contribution in [-0.2, 0) is 12.8 Å². The van der Waals surface area contributed by atoms with Gasteiger partial charge in [-0.05, 0) is 95.5 Å². The van der Waals surface area contributed by atoms with E-state index in [1.54, 1.807) is 12.1 Å². The molecule has 0 saturated carbocycles. The summed E-state index contributed by atoms with van der Waals surface area (Å²) >= 11 is 0. The third kappa shape index (κ3) is 11.0. The summed E-state index contributed by atoms with van der Waals surface area (Å²) in [6.07, 6.45) is 6.93. The quantitative estimate of drug-likeness (QED) is 0.115. The Balaban J connectivity index is 1.71. The zero-order valence-electron chi connectivity index (χ0n) is 26.4. The number of alkyl halides is 3. The maximum Gasteiger partial charge on any atom is 0.573 e. The fourth-order valence-electron chi connectivity index (χ4n) is 5.15. The Labute approximate surface area is 255 Å². The van der Waals surface area contributed by atoms with Crippen molar-refractivity contribution < 1.29 is 22.6 Å². The molecule has 0 N–H and O–H groups in total. The number of rotatable bonds is 17. The van der Waals surface area contributed by atoms with Gasteiger partial charge in [0.05, 0.1) is 18.0 Å². The van der Waals surface area contributed by atoms with Gasteiger partial charge in [-0.15, -0.1) is 18.3 Å². The first-order valence-corrected chi connectivity index (χ1v) is 15.9. The Hall–Kier alpha value is -3.35. The molecule has 0 aliphatic carbocycles. The molecule has 234 valence electrons. The van der Waals surface area contributed by atoms with Gasteiger partial charge in [-0.25, -0.2) is 0 Å². The molecule has 0 bridgehead atoms. The third-order valence-electron chi connectivity index (χ3n) is 7.59. The van der Waals surface area contributed by atoms with E-state index in [-0.39, 0.29) is 11.7 Å². The van der Waals surface area contributed by atoms with Crippen molar-refractivity contribution in [1.29, 1.82) is 0 Å². The van der Waals surface area contributed by atoms with E-state index in [0.717, 1.165) is 70.8 Å². The van der Waals surface area contributed by atoms with Crippen LogP contribution in [-0.4, -0.2) is 13.0 Å². The first kappa shape index (κ1) is 34.1. The summed E-state index contributed by atoms with van der Waals surface area (Å²) < 4.78 is 47.9. The van der Waals surface area contributed by atoms with Gasteiger partial charge >= 0.3 is 6.36 Å². The van der Waals surface area contributed by atoms with Crippen molar-refractivity contribution in [3.05, 3.63) is 71.3 Å². The van der Waals surface area contributed by atoms with Crippen LogP contribution in [0.3, 0.4) is 0 Å². The Morgan fingerprint density at radius 1 is 0.698 bits per heavy atom. The van der Waals surface area contributed by atoms with Gasteiger partial charge < -0.3 is 9.47 Å². The van der Waals surface area contributed by atoms with E-state index in [0.29, 0.717) is 0 Å². The first-order chi connectivity index (χ1) is 20.6. The van der Waals surface area contributed by atoms with Crippen molar-refractivity contribution in [2.24, 2.45) is 10.2 Å². The molecule has 0 aromatic heterocycles. The summed E-state index contributed by atoms with van der Waals surface area (Å²) in [6.45, 7) is 11.4. The summed E-state index contributed by atoms with van der Waals surface area (Å²) in [5, 5.41) is 9.32. The smallest absolute Gasteiger partial charge is 0.493 e. The Morgan fingerprint density at radius 3 is 1.86 bits per heavy atom. The third-order valence-corrected chi connectivity index (χ3v) is 7.59. The summed E-state index contributed by atoms with van der Waals surface area (Å²) in [5.41, 5.74) is 6.53. The van der Waals surface area contributed by atoms with E-state index in [1.807, 2.05) is 24.3 Å². The monoisotopic (exact) mass is 596 g/mol. The molecule has 0 amide bonds. The molecule has 43 heavy (non-hydrogen) atoms. The zero-order valence-corrected chi connectivity index (χ0v) is 26.4. The van der Waals surface area contributed by atoms with Gasteiger partial charge in [-0.1, -0.05) is 91.7 Å². The van der Waals surface area contributed by atoms with Crippen molar-refractivity contribution in [3.8, 4) is 22.6 Å². The molecular formula is C36H47F3N2O2. The molecule has 0 heterocycles. The number of benzene rings is 3. The van der Waals surface area contributed by atoms with E-state index < -0.39 is 6.36 Å². The fraction of sp³-hybridized carbons (Fsp3) is 0.500. The highest BCUT2D eigenvalue weighted by atomic mass is 19.4. The minimum Gasteiger partial charge on any atom is -0.493 e. The topological polar surface area (TPSA) is 43.2 Å². The van der Waals surface area contributed by atoms with E-state index in [1.165, 1.54) is 57.1 Å². The number of hydrogen-bond acceptors (Lipinski definition) is 4. The SMILES string of the molecule is CCCCCCCCCCOc1ccc(/N=N/c2c(CC)cc(-c3ccc(OC(F)(F)F)cc3)cc2CC)cc1C(C)C. The second-order valence-electron chi connectivity index (χ2n) is 11.3. The predicted octanol–water partition coefficient (Wildman–Crippen LogP) is 12.4. The lowest BCUT2D eigenvalue weighted by Gasteiger charge is -2.15. The van der Waals surface area contributed by atoms with Crippen LogP contribution < -0.4 is 9.47 Å². The van der Waals surface area contributed by atoms with Crippen LogP contribution in [0, 0.1) is 0 Å². The average molecular weight is 597 g/mol. The number of unbranched alkanes of at least 4 members (excludes halogenated alkanes) is 7. The van der Waals surface area contributed by atoms with Crippen LogP contribution in [0.1, 0.15) is 109 Å². The van der Waals surface area contributed by atoms with E-state index in [4.69, 9.17) is 9.85 Å². The number of ether oxygens (including phenoxy) is 2. The highest BCUT2D eigenvalue weighted by Gasteiger charge is 2.31. The first-order valence-electron chi connectivity index (χ1n) is 15.9. The fourth-order valence-corrected chi connectivity index (χ4v) is 5.15. The van der Waals surface area contributed by atoms with Crippen molar-refractivity contribution in [3.63, 3.8) is 0 Å². The van der Waals surface area contributed by atoms with Crippen molar-refractivity contribution in [1.82, 2.24) is 0 Å². The molecule has 0 saturated heterocycles. The highest BCUT2D eigenvalue weighted by Crippen LogP contribution is 2.36. The summed E-state index contributed by atoms with van der Waals surface area (Å²) in [4.78, 5) is 0. The normalized spacial score (nSPS) is 11.9. The van der Waals surface area contributed by atoms with Crippen LogP contribution in [0.4, 0.5) is 24.5 Å². The van der Waals surface area contributed by atoms with Crippen LogP contribution in [0.25, 0.3) is 11.1 Å². The van der Waals surface area contributed by atoms with Crippen molar-refractivity contribution >= 4 is 11.4 Å². The lowest BCUT2D eigenvalue weighted by Crippen LogP contribution is -2.16. The zero-order chi connectivity index (χ0) is 31.2. The summed E-state index contributed by atoms with van der Waals surface area (Å²) in [6, 6.07) is 16.0. The Morgan fingerprint density at radius 2 is 1.30 bits per heavy atom. The lowest BCUT2D eigenvalue weighted by atomic mass is 9.95. The molecule has 0 atom stereocenters. The Bertz CT molecular complexity index is 1280. The molecule has 0 spiro atoms. The van der Waals surface area contributed by atoms with Gasteiger partial charge in [0, 0.05) is 0 Å². The maximum absolute atomic E-state index is 12.6. The van der Waals surface area contributed by atoms with Gasteiger partial charge in [0.25, 0.3) is 0 Å². The molecule has 7 heteroatoms. The molecule has 4 nitrogen and oxygen atoms in total. The van der Waals surface area contributed by atoms with Gasteiger partial charge in [0.1, 0.15) is 11.5 Å². The van der Waals surface area contributed by atoms with Crippen molar-refractivity contribution in [2.75, 3.05) is 6.61 Å². The molecule has 0 aliphatic rings. The molecule has 0 aliphatic heterocycles.